The minimum absolute atomic E-state index is 0.000373. The van der Waals surface area contributed by atoms with Crippen molar-refractivity contribution in [2.45, 2.75) is 38.0 Å². The maximum atomic E-state index is 13.4. The second-order valence-corrected chi connectivity index (χ2v) is 7.55. The lowest BCUT2D eigenvalue weighted by Gasteiger charge is -2.47. The summed E-state index contributed by atoms with van der Waals surface area (Å²) in [5.41, 5.74) is 14.3. The van der Waals surface area contributed by atoms with Crippen molar-refractivity contribution >= 4 is 6.03 Å². The van der Waals surface area contributed by atoms with Crippen molar-refractivity contribution in [1.29, 1.82) is 0 Å². The van der Waals surface area contributed by atoms with Crippen LogP contribution in [0.3, 0.4) is 0 Å². The highest BCUT2D eigenvalue weighted by molar-refractivity contribution is 5.78. The van der Waals surface area contributed by atoms with Crippen molar-refractivity contribution in [2.75, 3.05) is 32.8 Å². The van der Waals surface area contributed by atoms with E-state index >= 15 is 0 Å². The van der Waals surface area contributed by atoms with Gasteiger partial charge in [-0.25, -0.2) is 4.79 Å². The Morgan fingerprint density at radius 2 is 2.00 bits per heavy atom. The van der Waals surface area contributed by atoms with Crippen molar-refractivity contribution in [3.05, 3.63) is 47.3 Å². The molecule has 1 aromatic rings. The Morgan fingerprint density at radius 3 is 2.78 bits per heavy atom. The van der Waals surface area contributed by atoms with E-state index in [1.807, 2.05) is 28.0 Å². The normalized spacial score (nSPS) is 26.1. The zero-order valence-corrected chi connectivity index (χ0v) is 15.7. The molecule has 2 amide bonds. The van der Waals surface area contributed by atoms with E-state index in [4.69, 9.17) is 16.2 Å². The van der Waals surface area contributed by atoms with Crippen LogP contribution >= 0.6 is 0 Å². The molecule has 3 aliphatic rings. The maximum absolute atomic E-state index is 13.4. The Hall–Kier alpha value is -2.09. The fourth-order valence-corrected chi connectivity index (χ4v) is 4.24. The number of fused-ring (bicyclic) bond motifs is 1. The van der Waals surface area contributed by atoms with E-state index in [0.717, 1.165) is 42.9 Å². The fourth-order valence-electron chi connectivity index (χ4n) is 4.24. The van der Waals surface area contributed by atoms with Crippen LogP contribution in [0.15, 0.2) is 36.2 Å². The molecular formula is C20H29N5O2. The van der Waals surface area contributed by atoms with Gasteiger partial charge >= 0.3 is 6.03 Å². The molecule has 7 heteroatoms. The molecular weight excluding hydrogens is 342 g/mol. The minimum Gasteiger partial charge on any atom is -0.377 e. The number of piperidine rings is 1. The number of carbonyl (C=O) groups is 1. The predicted molar refractivity (Wildman–Crippen MR) is 103 cm³/mol. The number of urea groups is 1. The lowest BCUT2D eigenvalue weighted by molar-refractivity contribution is 0.00845. The quantitative estimate of drug-likeness (QED) is 0.826. The molecule has 0 bridgehead atoms. The third-order valence-electron chi connectivity index (χ3n) is 5.71. The Balaban J connectivity index is 1.67. The predicted octanol–water partition coefficient (Wildman–Crippen LogP) is 1.05. The second-order valence-electron chi connectivity index (χ2n) is 7.55. The van der Waals surface area contributed by atoms with Crippen LogP contribution in [-0.2, 0) is 17.8 Å². The van der Waals surface area contributed by atoms with E-state index in [2.05, 4.69) is 17.0 Å². The molecule has 7 nitrogen and oxygen atoms in total. The average molecular weight is 371 g/mol. The molecule has 4 N–H and O–H groups in total. The summed E-state index contributed by atoms with van der Waals surface area (Å²) >= 11 is 0. The molecule has 2 fully saturated rings. The Morgan fingerprint density at radius 1 is 1.19 bits per heavy atom. The van der Waals surface area contributed by atoms with E-state index in [-0.39, 0.29) is 18.1 Å². The summed E-state index contributed by atoms with van der Waals surface area (Å²) < 4.78 is 5.62. The van der Waals surface area contributed by atoms with Gasteiger partial charge < -0.3 is 26.0 Å². The van der Waals surface area contributed by atoms with Gasteiger partial charge in [-0.05, 0) is 30.0 Å². The molecule has 146 valence electrons. The summed E-state index contributed by atoms with van der Waals surface area (Å²) in [7, 11) is 0. The summed E-state index contributed by atoms with van der Waals surface area (Å²) in [5, 5.41) is 0. The largest absolute Gasteiger partial charge is 0.377 e. The second kappa shape index (κ2) is 7.88. The number of hydrogen-bond acceptors (Lipinski definition) is 5. The number of morpholine rings is 1. The van der Waals surface area contributed by atoms with E-state index < -0.39 is 0 Å². The van der Waals surface area contributed by atoms with Gasteiger partial charge in [0.15, 0.2) is 0 Å². The van der Waals surface area contributed by atoms with Crippen LogP contribution in [-0.4, -0.2) is 65.7 Å². The molecule has 3 aliphatic heterocycles. The van der Waals surface area contributed by atoms with Gasteiger partial charge in [0.2, 0.25) is 0 Å². The third-order valence-corrected chi connectivity index (χ3v) is 5.71. The van der Waals surface area contributed by atoms with Gasteiger partial charge in [-0.3, -0.25) is 4.90 Å². The maximum Gasteiger partial charge on any atom is 0.326 e. The van der Waals surface area contributed by atoms with Gasteiger partial charge in [0.25, 0.3) is 0 Å². The summed E-state index contributed by atoms with van der Waals surface area (Å²) in [4.78, 5) is 19.4. The molecule has 2 unspecified atom stereocenters. The molecule has 3 heterocycles. The van der Waals surface area contributed by atoms with Crippen molar-refractivity contribution in [3.63, 3.8) is 0 Å². The van der Waals surface area contributed by atoms with Gasteiger partial charge in [-0.1, -0.05) is 24.3 Å². The first-order valence-corrected chi connectivity index (χ1v) is 9.82. The summed E-state index contributed by atoms with van der Waals surface area (Å²) in [6.45, 7) is 4.47. The average Bonchev–Trinajstić information content (AvgIpc) is 2.70. The van der Waals surface area contributed by atoms with E-state index in [9.17, 15) is 4.79 Å². The summed E-state index contributed by atoms with van der Waals surface area (Å²) in [6.07, 6.45) is 4.26. The molecule has 0 spiro atoms. The van der Waals surface area contributed by atoms with Crippen LogP contribution in [0, 0.1) is 0 Å². The standard InChI is InChI=1S/C20H29N5O2/c21-11-15-4-1-2-5-16(15)12-25-19(23-7-3-6-17(22)13-23)10-18-14-27-9-8-24(18)20(25)26/h1-2,4-5,10,17-18H,3,6-9,11-14,21-22H2. The summed E-state index contributed by atoms with van der Waals surface area (Å²) in [5.74, 6) is 0.966. The fraction of sp³-hybridized carbons (Fsp3) is 0.550. The molecule has 0 aliphatic carbocycles. The minimum atomic E-state index is 0.000373. The molecule has 4 rings (SSSR count). The number of carbonyl (C=O) groups excluding carboxylic acids is 1. The highest BCUT2D eigenvalue weighted by Crippen LogP contribution is 2.29. The van der Waals surface area contributed by atoms with E-state index in [1.165, 1.54) is 0 Å². The number of amides is 2. The molecule has 1 aromatic carbocycles. The number of benzene rings is 1. The highest BCUT2D eigenvalue weighted by atomic mass is 16.5. The van der Waals surface area contributed by atoms with Crippen molar-refractivity contribution in [1.82, 2.24) is 14.7 Å². The van der Waals surface area contributed by atoms with Crippen LogP contribution in [0.2, 0.25) is 0 Å². The molecule has 0 saturated carbocycles. The summed E-state index contributed by atoms with van der Waals surface area (Å²) in [6, 6.07) is 8.27. The topological polar surface area (TPSA) is 88.1 Å². The lowest BCUT2D eigenvalue weighted by atomic mass is 10.0. The number of ether oxygens (including phenoxy) is 1. The van der Waals surface area contributed by atoms with Gasteiger partial charge in [0.1, 0.15) is 5.82 Å². The van der Waals surface area contributed by atoms with E-state index in [1.54, 1.807) is 0 Å². The highest BCUT2D eigenvalue weighted by Gasteiger charge is 2.38. The number of nitrogens with zero attached hydrogens (tertiary/aromatic N) is 3. The number of rotatable bonds is 4. The first-order chi connectivity index (χ1) is 13.2. The molecule has 0 radical (unpaired) electrons. The number of hydrogen-bond donors (Lipinski definition) is 2. The van der Waals surface area contributed by atoms with Crippen LogP contribution in [0.5, 0.6) is 0 Å². The molecule has 27 heavy (non-hydrogen) atoms. The lowest BCUT2D eigenvalue weighted by Crippen LogP contribution is -2.59. The van der Waals surface area contributed by atoms with Crippen molar-refractivity contribution in [2.24, 2.45) is 11.5 Å². The van der Waals surface area contributed by atoms with Crippen LogP contribution < -0.4 is 11.5 Å². The Labute approximate surface area is 160 Å². The van der Waals surface area contributed by atoms with Gasteiger partial charge in [-0.15, -0.1) is 0 Å². The zero-order chi connectivity index (χ0) is 18.8. The number of nitrogens with two attached hydrogens (primary N) is 2. The molecule has 2 atom stereocenters. The van der Waals surface area contributed by atoms with Crippen molar-refractivity contribution in [3.8, 4) is 0 Å². The molecule has 2 saturated heterocycles. The first kappa shape index (κ1) is 18.3. The van der Waals surface area contributed by atoms with Crippen LogP contribution in [0.25, 0.3) is 0 Å². The van der Waals surface area contributed by atoms with Crippen LogP contribution in [0.1, 0.15) is 24.0 Å². The smallest absolute Gasteiger partial charge is 0.326 e. The van der Waals surface area contributed by atoms with Crippen LogP contribution in [0.4, 0.5) is 4.79 Å². The zero-order valence-electron chi connectivity index (χ0n) is 15.7. The monoisotopic (exact) mass is 371 g/mol. The van der Waals surface area contributed by atoms with E-state index in [0.29, 0.717) is 32.8 Å². The SMILES string of the molecule is NCc1ccccc1CN1C(=O)N2CCOCC2C=C1N1CCCC(N)C1. The van der Waals surface area contributed by atoms with Gasteiger partial charge in [-0.2, -0.15) is 0 Å². The Bertz CT molecular complexity index is 722. The third kappa shape index (κ3) is 3.67. The molecule has 0 aromatic heterocycles. The number of likely N-dealkylation sites (tertiary alicyclic amines) is 1. The first-order valence-electron chi connectivity index (χ1n) is 9.82. The Kier molecular flexibility index (Phi) is 5.33. The van der Waals surface area contributed by atoms with Crippen molar-refractivity contribution < 1.29 is 9.53 Å². The van der Waals surface area contributed by atoms with Gasteiger partial charge in [0, 0.05) is 32.2 Å². The van der Waals surface area contributed by atoms with Gasteiger partial charge in [0.05, 0.1) is 25.8 Å².